The zero-order valence-electron chi connectivity index (χ0n) is 20.9. The number of hydrogen-bond acceptors (Lipinski definition) is 6. The summed E-state index contributed by atoms with van der Waals surface area (Å²) in [6.07, 6.45) is -5.77. The molecule has 1 N–H and O–H groups in total. The molecule has 1 unspecified atom stereocenters. The van der Waals surface area contributed by atoms with E-state index in [2.05, 4.69) is 36.4 Å². The molecule has 5 aromatic heterocycles. The van der Waals surface area contributed by atoms with Crippen LogP contribution in [0.5, 0.6) is 0 Å². The van der Waals surface area contributed by atoms with E-state index < -0.39 is 35.1 Å². The van der Waals surface area contributed by atoms with Gasteiger partial charge in [0.05, 0.1) is 22.6 Å². The summed E-state index contributed by atoms with van der Waals surface area (Å²) in [5.41, 5.74) is -3.22. The van der Waals surface area contributed by atoms with E-state index in [-0.39, 0.29) is 54.4 Å². The van der Waals surface area contributed by atoms with Gasteiger partial charge in [-0.25, -0.2) is 9.78 Å². The summed E-state index contributed by atoms with van der Waals surface area (Å²) >= 11 is 0. The summed E-state index contributed by atoms with van der Waals surface area (Å²) < 4.78 is 79.5. The van der Waals surface area contributed by atoms with Crippen LogP contribution in [-0.4, -0.2) is 40.9 Å². The molecule has 5 heterocycles. The van der Waals surface area contributed by atoms with Crippen molar-refractivity contribution >= 4 is 5.97 Å². The number of rotatable bonds is 6. The second-order valence-electron chi connectivity index (χ2n) is 8.83. The smallest absolute Gasteiger partial charge is 0.431 e. The number of halogens is 6. The number of carboxylic acids is 1. The predicted molar refractivity (Wildman–Crippen MR) is 128 cm³/mol. The van der Waals surface area contributed by atoms with Gasteiger partial charge in [-0.15, -0.1) is 6.07 Å². The molecule has 0 saturated heterocycles. The molecule has 0 aliphatic heterocycles. The first kappa shape index (κ1) is 30.5. The molecule has 0 spiro atoms. The van der Waals surface area contributed by atoms with Gasteiger partial charge in [-0.3, -0.25) is 15.1 Å². The fraction of sp³-hybridized carbons (Fsp3) is 0.154. The van der Waals surface area contributed by atoms with Gasteiger partial charge in [-0.2, -0.15) is 26.3 Å². The molecular formula is C26H15F6IrN7O2-2. The van der Waals surface area contributed by atoms with Crippen molar-refractivity contribution in [3.63, 3.8) is 0 Å². The monoisotopic (exact) mass is 764 g/mol. The van der Waals surface area contributed by atoms with Gasteiger partial charge in [0.25, 0.3) is 0 Å². The maximum Gasteiger partial charge on any atom is 0.431 e. The Kier molecular flexibility index (Phi) is 8.07. The molecule has 42 heavy (non-hydrogen) atoms. The maximum absolute atomic E-state index is 13.1. The Hall–Kier alpha value is -4.43. The number of nitrogens with zero attached hydrogens (tertiary/aromatic N) is 7. The van der Waals surface area contributed by atoms with Gasteiger partial charge < -0.3 is 20.0 Å². The minimum Gasteiger partial charge on any atom is -0.573 e. The van der Waals surface area contributed by atoms with Crippen LogP contribution in [0.3, 0.4) is 0 Å². The molecular weight excluding hydrogens is 749 g/mol. The first-order chi connectivity index (χ1) is 19.3. The Bertz CT molecular complexity index is 1640. The standard InChI is InChI=1S/C26H16F6N7O2.Ir/c1-24(14-8-9-16(23(40)41)33-13-14,18-5-2-4-15(34-18)17-12-21(37-36-17)26(30,31)32)19-6-3-7-22(35-19)39-11-10-20(38-39)25(27,28)29;/h2-10,12-13H,1H3,(H2,34,36,37,40,41);/q-1;/p-1. The van der Waals surface area contributed by atoms with Crippen LogP contribution in [0.15, 0.2) is 66.9 Å². The van der Waals surface area contributed by atoms with Crippen molar-refractivity contribution in [2.45, 2.75) is 24.7 Å². The number of carbonyl (C=O) groups is 1. The third-order valence-electron chi connectivity index (χ3n) is 6.20. The minimum atomic E-state index is -4.71. The summed E-state index contributed by atoms with van der Waals surface area (Å²) in [5.74, 6) is -1.30. The van der Waals surface area contributed by atoms with Gasteiger partial charge in [0, 0.05) is 37.7 Å². The van der Waals surface area contributed by atoms with Crippen molar-refractivity contribution in [2.75, 3.05) is 0 Å². The number of aromatic nitrogens is 7. The van der Waals surface area contributed by atoms with Crippen LogP contribution in [0.4, 0.5) is 26.3 Å². The number of pyridine rings is 3. The van der Waals surface area contributed by atoms with Gasteiger partial charge in [-0.05, 0) is 42.8 Å². The summed E-state index contributed by atoms with van der Waals surface area (Å²) in [5, 5.41) is 19.6. The maximum atomic E-state index is 13.1. The van der Waals surface area contributed by atoms with Gasteiger partial charge in [0.2, 0.25) is 0 Å². The molecule has 219 valence electrons. The van der Waals surface area contributed by atoms with Crippen LogP contribution in [0, 0.1) is 6.20 Å². The van der Waals surface area contributed by atoms with E-state index in [1.807, 2.05) is 0 Å². The fourth-order valence-electron chi connectivity index (χ4n) is 4.02. The zero-order valence-corrected chi connectivity index (χ0v) is 23.3. The molecule has 0 aliphatic rings. The van der Waals surface area contributed by atoms with Crippen molar-refractivity contribution in [3.8, 4) is 17.2 Å². The second kappa shape index (κ2) is 11.1. The molecule has 0 bridgehead atoms. The van der Waals surface area contributed by atoms with Crippen LogP contribution in [-0.2, 0) is 37.9 Å². The Morgan fingerprint density at radius 1 is 0.905 bits per heavy atom. The van der Waals surface area contributed by atoms with E-state index in [0.29, 0.717) is 11.6 Å². The van der Waals surface area contributed by atoms with Crippen molar-refractivity contribution in [1.29, 1.82) is 0 Å². The summed E-state index contributed by atoms with van der Waals surface area (Å²) in [6.45, 7) is 1.65. The number of aromatic carboxylic acids is 1. The first-order valence-electron chi connectivity index (χ1n) is 11.5. The van der Waals surface area contributed by atoms with Crippen LogP contribution in [0.2, 0.25) is 0 Å². The molecule has 0 saturated carbocycles. The summed E-state index contributed by atoms with van der Waals surface area (Å²) in [6, 6.07) is 13.1. The number of alkyl halides is 6. The quantitative estimate of drug-likeness (QED) is 0.191. The number of hydrogen-bond donors (Lipinski definition) is 1. The molecule has 16 heteroatoms. The normalized spacial score (nSPS) is 13.3. The van der Waals surface area contributed by atoms with Crippen LogP contribution in [0.25, 0.3) is 17.2 Å². The average molecular weight is 764 g/mol. The van der Waals surface area contributed by atoms with Crippen LogP contribution in [0.1, 0.15) is 45.8 Å². The number of carboxylic acid groups (broad SMARTS) is 1. The zero-order chi connectivity index (χ0) is 29.6. The third kappa shape index (κ3) is 5.81. The van der Waals surface area contributed by atoms with Crippen LogP contribution < -0.4 is 5.10 Å². The topological polar surface area (TPSA) is 121 Å². The van der Waals surface area contributed by atoms with E-state index in [9.17, 15) is 36.2 Å². The van der Waals surface area contributed by atoms with E-state index in [4.69, 9.17) is 0 Å². The molecule has 0 aromatic carbocycles. The van der Waals surface area contributed by atoms with Gasteiger partial charge in [0.1, 0.15) is 11.4 Å². The minimum absolute atomic E-state index is 0. The SMILES string of the molecule is CC(c1ccc(C(=O)O)nc1)(c1cccc(-c2cc(C(F)(F)F)n[n-]2)n1)c1cccc(-n2[c-]cc(C(F)(F)F)n2)n1.[Ir]. The van der Waals surface area contributed by atoms with Crippen molar-refractivity contribution in [2.24, 2.45) is 0 Å². The van der Waals surface area contributed by atoms with Crippen molar-refractivity contribution in [3.05, 3.63) is 107 Å². The Morgan fingerprint density at radius 2 is 1.57 bits per heavy atom. The molecule has 5 aromatic rings. The second-order valence-corrected chi connectivity index (χ2v) is 8.83. The van der Waals surface area contributed by atoms with E-state index in [0.717, 1.165) is 10.7 Å². The summed E-state index contributed by atoms with van der Waals surface area (Å²) in [7, 11) is 0. The third-order valence-corrected chi connectivity index (χ3v) is 6.20. The largest absolute Gasteiger partial charge is 0.573 e. The molecule has 5 rings (SSSR count). The van der Waals surface area contributed by atoms with Gasteiger partial charge >= 0.3 is 18.3 Å². The predicted octanol–water partition coefficient (Wildman–Crippen LogP) is 4.96. The summed E-state index contributed by atoms with van der Waals surface area (Å²) in [4.78, 5) is 24.4. The fourth-order valence-corrected chi connectivity index (χ4v) is 4.02. The van der Waals surface area contributed by atoms with Gasteiger partial charge in [-0.1, -0.05) is 36.2 Å². The van der Waals surface area contributed by atoms with E-state index in [1.54, 1.807) is 19.1 Å². The Balaban J connectivity index is 0.00000405. The van der Waals surface area contributed by atoms with E-state index in [1.165, 1.54) is 42.6 Å². The van der Waals surface area contributed by atoms with Crippen molar-refractivity contribution < 1.29 is 56.3 Å². The van der Waals surface area contributed by atoms with Crippen LogP contribution >= 0.6 is 0 Å². The average Bonchev–Trinajstić information content (AvgIpc) is 3.64. The van der Waals surface area contributed by atoms with Crippen molar-refractivity contribution in [1.82, 2.24) is 34.9 Å². The molecule has 0 fully saturated rings. The van der Waals surface area contributed by atoms with E-state index >= 15 is 0 Å². The molecule has 0 amide bonds. The molecule has 0 aliphatic carbocycles. The Morgan fingerprint density at radius 3 is 2.14 bits per heavy atom. The first-order valence-corrected chi connectivity index (χ1v) is 11.5. The molecule has 1 atom stereocenters. The van der Waals surface area contributed by atoms with Gasteiger partial charge in [0.15, 0.2) is 0 Å². The molecule has 1 radical (unpaired) electrons. The molecule has 9 nitrogen and oxygen atoms in total. The Labute approximate surface area is 246 Å².